The summed E-state index contributed by atoms with van der Waals surface area (Å²) in [6.45, 7) is 4.49. The van der Waals surface area contributed by atoms with Crippen molar-refractivity contribution < 1.29 is 0 Å². The Balaban J connectivity index is 2.29. The van der Waals surface area contributed by atoms with E-state index in [9.17, 15) is 4.79 Å². The molecule has 3 nitrogen and oxygen atoms in total. The lowest BCUT2D eigenvalue weighted by Gasteiger charge is -2.26. The van der Waals surface area contributed by atoms with Crippen molar-refractivity contribution in [1.82, 2.24) is 10.2 Å². The molecule has 1 aromatic heterocycles. The van der Waals surface area contributed by atoms with E-state index in [0.29, 0.717) is 11.8 Å². The summed E-state index contributed by atoms with van der Waals surface area (Å²) < 4.78 is 0. The summed E-state index contributed by atoms with van der Waals surface area (Å²) >= 11 is 0. The summed E-state index contributed by atoms with van der Waals surface area (Å²) in [4.78, 5) is 11.1. The minimum absolute atomic E-state index is 0.0758. The maximum atomic E-state index is 11.1. The van der Waals surface area contributed by atoms with E-state index in [1.54, 1.807) is 6.07 Å². The zero-order valence-corrected chi connectivity index (χ0v) is 8.71. The Hall–Kier alpha value is -1.12. The minimum atomic E-state index is -0.0758. The third-order valence-electron chi connectivity index (χ3n) is 3.15. The normalized spacial score (nSPS) is 20.9. The average molecular weight is 192 g/mol. The number of H-pyrrole nitrogens is 1. The number of hydrogen-bond donors (Lipinski definition) is 1. The van der Waals surface area contributed by atoms with Crippen LogP contribution >= 0.6 is 0 Å². The van der Waals surface area contributed by atoms with Gasteiger partial charge in [0.15, 0.2) is 0 Å². The lowest BCUT2D eigenvalue weighted by Crippen LogP contribution is -2.23. The molecule has 1 aromatic rings. The summed E-state index contributed by atoms with van der Waals surface area (Å²) in [5.41, 5.74) is 2.16. The van der Waals surface area contributed by atoms with Gasteiger partial charge in [-0.15, -0.1) is 0 Å². The fourth-order valence-electron chi connectivity index (χ4n) is 2.14. The second kappa shape index (κ2) is 3.56. The van der Waals surface area contributed by atoms with E-state index >= 15 is 0 Å². The maximum absolute atomic E-state index is 11.1. The average Bonchev–Trinajstić information content (AvgIpc) is 2.16. The van der Waals surface area contributed by atoms with Crippen LogP contribution in [-0.2, 0) is 12.8 Å². The number of hydrogen-bond acceptors (Lipinski definition) is 2. The minimum Gasteiger partial charge on any atom is -0.268 e. The molecule has 0 fully saturated rings. The molecule has 0 saturated carbocycles. The van der Waals surface area contributed by atoms with Crippen molar-refractivity contribution in [3.63, 3.8) is 0 Å². The molecule has 0 spiro atoms. The number of aryl methyl sites for hydroxylation is 1. The molecular formula is C11H16N2O. The van der Waals surface area contributed by atoms with E-state index in [4.69, 9.17) is 0 Å². The van der Waals surface area contributed by atoms with Crippen molar-refractivity contribution in [1.29, 1.82) is 0 Å². The number of nitrogens with one attached hydrogen (secondary N) is 1. The van der Waals surface area contributed by atoms with Crippen molar-refractivity contribution in [2.45, 2.75) is 33.1 Å². The highest BCUT2D eigenvalue weighted by atomic mass is 16.1. The zero-order chi connectivity index (χ0) is 10.1. The van der Waals surface area contributed by atoms with Gasteiger partial charge in [-0.1, -0.05) is 13.8 Å². The summed E-state index contributed by atoms with van der Waals surface area (Å²) in [5.74, 6) is 1.41. The van der Waals surface area contributed by atoms with Gasteiger partial charge >= 0.3 is 0 Å². The summed E-state index contributed by atoms with van der Waals surface area (Å²) in [5, 5.41) is 6.57. The molecular weight excluding hydrogens is 176 g/mol. The first-order chi connectivity index (χ1) is 6.66. The molecule has 0 aliphatic heterocycles. The molecule has 1 heterocycles. The van der Waals surface area contributed by atoms with E-state index in [-0.39, 0.29) is 5.56 Å². The molecule has 1 N–H and O–H groups in total. The van der Waals surface area contributed by atoms with Gasteiger partial charge < -0.3 is 0 Å². The van der Waals surface area contributed by atoms with Crippen molar-refractivity contribution in [2.75, 3.05) is 0 Å². The van der Waals surface area contributed by atoms with Crippen LogP contribution in [0.1, 0.15) is 31.5 Å². The van der Waals surface area contributed by atoms with Gasteiger partial charge in [-0.3, -0.25) is 4.79 Å². The van der Waals surface area contributed by atoms with Crippen LogP contribution in [0.2, 0.25) is 0 Å². The van der Waals surface area contributed by atoms with Crippen molar-refractivity contribution >= 4 is 0 Å². The molecule has 76 valence electrons. The monoisotopic (exact) mass is 192 g/mol. The molecule has 3 heteroatoms. The van der Waals surface area contributed by atoms with Gasteiger partial charge in [-0.2, -0.15) is 5.10 Å². The third-order valence-corrected chi connectivity index (χ3v) is 3.15. The van der Waals surface area contributed by atoms with Crippen LogP contribution in [0, 0.1) is 11.8 Å². The topological polar surface area (TPSA) is 45.8 Å². The van der Waals surface area contributed by atoms with Crippen molar-refractivity contribution in [2.24, 2.45) is 11.8 Å². The second-order valence-corrected chi connectivity index (χ2v) is 4.45. The zero-order valence-electron chi connectivity index (χ0n) is 8.71. The molecule has 1 aliphatic carbocycles. The van der Waals surface area contributed by atoms with Crippen LogP contribution < -0.4 is 5.56 Å². The standard InChI is InChI=1S/C11H16N2O/c1-7(2)8-3-4-10-9(5-8)6-11(14)13-12-10/h6-8H,3-5H2,1-2H3,(H,13,14). The lowest BCUT2D eigenvalue weighted by atomic mass is 9.80. The van der Waals surface area contributed by atoms with E-state index < -0.39 is 0 Å². The molecule has 0 bridgehead atoms. The Labute approximate surface area is 83.5 Å². The smallest absolute Gasteiger partial charge is 0.264 e. The molecule has 2 rings (SSSR count). The van der Waals surface area contributed by atoms with Gasteiger partial charge in [-0.25, -0.2) is 5.10 Å². The highest BCUT2D eigenvalue weighted by Crippen LogP contribution is 2.27. The molecule has 14 heavy (non-hydrogen) atoms. The molecule has 1 unspecified atom stereocenters. The Bertz CT molecular complexity index is 381. The van der Waals surface area contributed by atoms with Gasteiger partial charge in [0, 0.05) is 6.07 Å². The molecule has 0 radical (unpaired) electrons. The van der Waals surface area contributed by atoms with Crippen LogP contribution in [0.25, 0.3) is 0 Å². The quantitative estimate of drug-likeness (QED) is 0.733. The van der Waals surface area contributed by atoms with E-state index in [1.807, 2.05) is 0 Å². The van der Waals surface area contributed by atoms with Crippen LogP contribution in [-0.4, -0.2) is 10.2 Å². The lowest BCUT2D eigenvalue weighted by molar-refractivity contribution is 0.338. The first-order valence-electron chi connectivity index (χ1n) is 5.24. The number of aromatic amines is 1. The second-order valence-electron chi connectivity index (χ2n) is 4.45. The van der Waals surface area contributed by atoms with Crippen LogP contribution in [0.4, 0.5) is 0 Å². The Morgan fingerprint density at radius 3 is 3.07 bits per heavy atom. The van der Waals surface area contributed by atoms with Gasteiger partial charge in [0.25, 0.3) is 5.56 Å². The summed E-state index contributed by atoms with van der Waals surface area (Å²) in [7, 11) is 0. The van der Waals surface area contributed by atoms with Gasteiger partial charge in [0.1, 0.15) is 0 Å². The Morgan fingerprint density at radius 2 is 2.36 bits per heavy atom. The first kappa shape index (κ1) is 9.44. The largest absolute Gasteiger partial charge is 0.268 e. The maximum Gasteiger partial charge on any atom is 0.264 e. The van der Waals surface area contributed by atoms with Crippen LogP contribution in [0.15, 0.2) is 10.9 Å². The molecule has 0 aromatic carbocycles. The Kier molecular flexibility index (Phi) is 2.40. The van der Waals surface area contributed by atoms with Crippen molar-refractivity contribution in [3.8, 4) is 0 Å². The molecule has 0 amide bonds. The van der Waals surface area contributed by atoms with Crippen LogP contribution in [0.5, 0.6) is 0 Å². The number of fused-ring (bicyclic) bond motifs is 1. The Morgan fingerprint density at radius 1 is 1.57 bits per heavy atom. The predicted octanol–water partition coefficient (Wildman–Crippen LogP) is 1.53. The fraction of sp³-hybridized carbons (Fsp3) is 0.636. The highest BCUT2D eigenvalue weighted by molar-refractivity contribution is 5.21. The van der Waals surface area contributed by atoms with E-state index in [1.165, 1.54) is 6.42 Å². The molecule has 0 saturated heterocycles. The predicted molar refractivity (Wildman–Crippen MR) is 55.2 cm³/mol. The van der Waals surface area contributed by atoms with E-state index in [0.717, 1.165) is 24.1 Å². The first-order valence-corrected chi connectivity index (χ1v) is 5.24. The van der Waals surface area contributed by atoms with Gasteiger partial charge in [0.05, 0.1) is 5.69 Å². The van der Waals surface area contributed by atoms with E-state index in [2.05, 4.69) is 24.0 Å². The third kappa shape index (κ3) is 1.72. The number of aromatic nitrogens is 2. The molecule has 1 atom stereocenters. The molecule has 1 aliphatic rings. The van der Waals surface area contributed by atoms with Gasteiger partial charge in [0.2, 0.25) is 0 Å². The fourth-order valence-corrected chi connectivity index (χ4v) is 2.14. The SMILES string of the molecule is CC(C)C1CCc2n[nH]c(=O)cc2C1. The highest BCUT2D eigenvalue weighted by Gasteiger charge is 2.22. The van der Waals surface area contributed by atoms with Crippen molar-refractivity contribution in [3.05, 3.63) is 27.7 Å². The number of nitrogens with zero attached hydrogens (tertiary/aromatic N) is 1. The number of rotatable bonds is 1. The van der Waals surface area contributed by atoms with Gasteiger partial charge in [-0.05, 0) is 36.7 Å². The summed E-state index contributed by atoms with van der Waals surface area (Å²) in [6.07, 6.45) is 3.22. The summed E-state index contributed by atoms with van der Waals surface area (Å²) in [6, 6.07) is 1.71. The van der Waals surface area contributed by atoms with Crippen LogP contribution in [0.3, 0.4) is 0 Å².